The van der Waals surface area contributed by atoms with Gasteiger partial charge in [-0.15, -0.1) is 0 Å². The second kappa shape index (κ2) is 8.23. The summed E-state index contributed by atoms with van der Waals surface area (Å²) < 4.78 is 9.01. The van der Waals surface area contributed by atoms with Gasteiger partial charge in [0.05, 0.1) is 22.6 Å². The Kier molecular flexibility index (Phi) is 5.44. The molecule has 9 heteroatoms. The first-order valence-electron chi connectivity index (χ1n) is 11.4. The van der Waals surface area contributed by atoms with Crippen LogP contribution in [0.4, 0.5) is 5.69 Å². The van der Waals surface area contributed by atoms with Gasteiger partial charge in [-0.05, 0) is 58.4 Å². The zero-order valence-corrected chi connectivity index (χ0v) is 21.2. The molecule has 8 nitrogen and oxygen atoms in total. The smallest absolute Gasteiger partial charge is 0.279 e. The van der Waals surface area contributed by atoms with Gasteiger partial charge in [0.1, 0.15) is 17.6 Å². The van der Waals surface area contributed by atoms with Gasteiger partial charge in [0.2, 0.25) is 0 Å². The molecule has 0 radical (unpaired) electrons. The molecule has 0 saturated heterocycles. The maximum atomic E-state index is 14.0. The molecule has 1 amide bonds. The summed E-state index contributed by atoms with van der Waals surface area (Å²) in [7, 11) is 1.69. The number of pyridine rings is 1. The van der Waals surface area contributed by atoms with E-state index in [1.54, 1.807) is 31.1 Å². The number of fused-ring (bicyclic) bond motifs is 1. The number of amides is 1. The van der Waals surface area contributed by atoms with Crippen LogP contribution >= 0.6 is 11.6 Å². The molecule has 4 aromatic rings. The van der Waals surface area contributed by atoms with Crippen LogP contribution in [0.25, 0.3) is 11.4 Å². The average molecular weight is 492 g/mol. The predicted molar refractivity (Wildman–Crippen MR) is 134 cm³/mol. The number of imidazole rings is 1. The first-order valence-corrected chi connectivity index (χ1v) is 11.8. The lowest BCUT2D eigenvalue weighted by Crippen LogP contribution is -2.32. The van der Waals surface area contributed by atoms with E-state index in [2.05, 4.69) is 23.6 Å². The van der Waals surface area contributed by atoms with Gasteiger partial charge in [-0.25, -0.2) is 4.98 Å². The predicted octanol–water partition coefficient (Wildman–Crippen LogP) is 5.15. The topological polar surface area (TPSA) is 86.2 Å². The van der Waals surface area contributed by atoms with Crippen molar-refractivity contribution >= 4 is 23.2 Å². The molecule has 4 heterocycles. The van der Waals surface area contributed by atoms with Crippen molar-refractivity contribution in [3.8, 4) is 11.4 Å². The number of benzene rings is 1. The van der Waals surface area contributed by atoms with Crippen molar-refractivity contribution in [2.45, 2.75) is 46.7 Å². The van der Waals surface area contributed by atoms with Crippen molar-refractivity contribution in [3.05, 3.63) is 85.9 Å². The Labute approximate surface area is 207 Å². The average Bonchev–Trinajstić information content (AvgIpc) is 3.43. The maximum absolute atomic E-state index is 14.0. The molecule has 1 aliphatic rings. The minimum Gasteiger partial charge on any atom is -0.361 e. The zero-order chi connectivity index (χ0) is 25.2. The lowest BCUT2D eigenvalue weighted by Gasteiger charge is -2.29. The van der Waals surface area contributed by atoms with Gasteiger partial charge in [-0.2, -0.15) is 0 Å². The van der Waals surface area contributed by atoms with E-state index >= 15 is 0 Å². The highest BCUT2D eigenvalue weighted by molar-refractivity contribution is 6.30. The number of halogens is 1. The standard InChI is InChI=1S/C26H26ClN5O3/c1-13(2)31-23-21(28-24(31)20-15(4)29-35-16(20)5)26(34)32(19-11-14(3)25(33)30(6)12-19)22(23)17-7-9-18(27)10-8-17/h7-13,22H,1-6H3. The highest BCUT2D eigenvalue weighted by Crippen LogP contribution is 2.45. The van der Waals surface area contributed by atoms with E-state index < -0.39 is 6.04 Å². The molecular weight excluding hydrogens is 466 g/mol. The number of anilines is 1. The second-order valence-electron chi connectivity index (χ2n) is 9.26. The monoisotopic (exact) mass is 491 g/mol. The molecule has 0 aliphatic carbocycles. The summed E-state index contributed by atoms with van der Waals surface area (Å²) in [6.07, 6.45) is 1.69. The van der Waals surface area contributed by atoms with Crippen LogP contribution in [0.2, 0.25) is 5.02 Å². The first-order chi connectivity index (χ1) is 16.6. The summed E-state index contributed by atoms with van der Waals surface area (Å²) in [6.45, 7) is 9.59. The Morgan fingerprint density at radius 2 is 1.77 bits per heavy atom. The molecule has 0 N–H and O–H groups in total. The fraction of sp³-hybridized carbons (Fsp3) is 0.308. The van der Waals surface area contributed by atoms with E-state index in [-0.39, 0.29) is 17.5 Å². The molecule has 1 atom stereocenters. The molecule has 180 valence electrons. The SMILES string of the molecule is Cc1noc(C)c1-c1nc2c(n1C(C)C)C(c1ccc(Cl)cc1)N(c1cc(C)c(=O)n(C)c1)C2=O. The summed E-state index contributed by atoms with van der Waals surface area (Å²) in [5, 5.41) is 4.71. The lowest BCUT2D eigenvalue weighted by atomic mass is 10.0. The molecule has 0 bridgehead atoms. The fourth-order valence-electron chi connectivity index (χ4n) is 4.92. The van der Waals surface area contributed by atoms with E-state index in [0.29, 0.717) is 39.2 Å². The third kappa shape index (κ3) is 3.51. The number of hydrogen-bond donors (Lipinski definition) is 0. The summed E-state index contributed by atoms with van der Waals surface area (Å²) in [4.78, 5) is 32.9. The normalized spacial score (nSPS) is 15.4. The van der Waals surface area contributed by atoms with Gasteiger partial charge in [-0.1, -0.05) is 28.9 Å². The Balaban J connectivity index is 1.81. The molecule has 1 aromatic carbocycles. The van der Waals surface area contributed by atoms with Gasteiger partial charge >= 0.3 is 0 Å². The summed E-state index contributed by atoms with van der Waals surface area (Å²) in [5.41, 5.74) is 4.64. The van der Waals surface area contributed by atoms with Crippen molar-refractivity contribution in [1.29, 1.82) is 0 Å². The molecular formula is C26H26ClN5O3. The van der Waals surface area contributed by atoms with Crippen molar-refractivity contribution in [3.63, 3.8) is 0 Å². The molecule has 0 saturated carbocycles. The second-order valence-corrected chi connectivity index (χ2v) is 9.70. The molecule has 1 aliphatic heterocycles. The molecule has 5 rings (SSSR count). The lowest BCUT2D eigenvalue weighted by molar-refractivity contribution is 0.0989. The number of nitrogens with zero attached hydrogens (tertiary/aromatic N) is 5. The summed E-state index contributed by atoms with van der Waals surface area (Å²) in [5.74, 6) is 1.07. The van der Waals surface area contributed by atoms with Gasteiger partial charge in [0, 0.05) is 29.9 Å². The number of carbonyl (C=O) groups is 1. The van der Waals surface area contributed by atoms with E-state index in [1.807, 2.05) is 38.1 Å². The van der Waals surface area contributed by atoms with Crippen LogP contribution in [-0.2, 0) is 7.05 Å². The number of carbonyl (C=O) groups excluding carboxylic acids is 1. The Hall–Kier alpha value is -3.65. The van der Waals surface area contributed by atoms with Crippen LogP contribution in [-0.4, -0.2) is 25.2 Å². The highest BCUT2D eigenvalue weighted by Gasteiger charge is 2.45. The van der Waals surface area contributed by atoms with Gasteiger partial charge in [0.15, 0.2) is 5.69 Å². The Bertz CT molecular complexity index is 1480. The quantitative estimate of drug-likeness (QED) is 0.394. The summed E-state index contributed by atoms with van der Waals surface area (Å²) in [6, 6.07) is 8.76. The Morgan fingerprint density at radius 1 is 1.09 bits per heavy atom. The molecule has 0 spiro atoms. The van der Waals surface area contributed by atoms with Crippen LogP contribution in [0.3, 0.4) is 0 Å². The maximum Gasteiger partial charge on any atom is 0.279 e. The minimum atomic E-state index is -0.462. The molecule has 3 aromatic heterocycles. The van der Waals surface area contributed by atoms with Gasteiger partial charge in [-0.3, -0.25) is 14.5 Å². The third-order valence-electron chi connectivity index (χ3n) is 6.47. The van der Waals surface area contributed by atoms with Crippen molar-refractivity contribution < 1.29 is 9.32 Å². The zero-order valence-electron chi connectivity index (χ0n) is 20.5. The van der Waals surface area contributed by atoms with E-state index in [1.165, 1.54) is 4.57 Å². The van der Waals surface area contributed by atoms with Gasteiger partial charge < -0.3 is 13.7 Å². The van der Waals surface area contributed by atoms with E-state index in [0.717, 1.165) is 16.8 Å². The van der Waals surface area contributed by atoms with Crippen molar-refractivity contribution in [2.75, 3.05) is 4.90 Å². The van der Waals surface area contributed by atoms with Crippen LogP contribution in [0.15, 0.2) is 45.8 Å². The number of aryl methyl sites for hydroxylation is 4. The van der Waals surface area contributed by atoms with Crippen LogP contribution in [0, 0.1) is 20.8 Å². The third-order valence-corrected chi connectivity index (χ3v) is 6.72. The molecule has 35 heavy (non-hydrogen) atoms. The first kappa shape index (κ1) is 23.1. The Morgan fingerprint density at radius 3 is 2.34 bits per heavy atom. The number of aromatic nitrogens is 4. The highest BCUT2D eigenvalue weighted by atomic mass is 35.5. The van der Waals surface area contributed by atoms with E-state index in [4.69, 9.17) is 21.1 Å². The van der Waals surface area contributed by atoms with Crippen LogP contribution in [0.1, 0.15) is 64.7 Å². The largest absolute Gasteiger partial charge is 0.361 e. The molecule has 0 fully saturated rings. The van der Waals surface area contributed by atoms with Crippen molar-refractivity contribution in [2.24, 2.45) is 7.05 Å². The minimum absolute atomic E-state index is 0.000588. The number of rotatable bonds is 4. The molecule has 1 unspecified atom stereocenters. The number of hydrogen-bond acceptors (Lipinski definition) is 5. The van der Waals surface area contributed by atoms with Gasteiger partial charge in [0.25, 0.3) is 11.5 Å². The fourth-order valence-corrected chi connectivity index (χ4v) is 5.05. The van der Waals surface area contributed by atoms with Crippen LogP contribution in [0.5, 0.6) is 0 Å². The van der Waals surface area contributed by atoms with Crippen molar-refractivity contribution in [1.82, 2.24) is 19.3 Å². The van der Waals surface area contributed by atoms with Crippen LogP contribution < -0.4 is 10.5 Å². The van der Waals surface area contributed by atoms with E-state index in [9.17, 15) is 9.59 Å². The summed E-state index contributed by atoms with van der Waals surface area (Å²) >= 11 is 6.19.